The van der Waals surface area contributed by atoms with Crippen molar-refractivity contribution in [3.05, 3.63) is 58.9 Å². The van der Waals surface area contributed by atoms with E-state index in [4.69, 9.17) is 5.73 Å². The van der Waals surface area contributed by atoms with Crippen molar-refractivity contribution >= 4 is 11.4 Å². The zero-order chi connectivity index (χ0) is 20.4. The molecule has 0 fully saturated rings. The summed E-state index contributed by atoms with van der Waals surface area (Å²) in [5.74, 6) is -10.3. The fourth-order valence-corrected chi connectivity index (χ4v) is 2.42. The molecule has 2 aromatic rings. The minimum Gasteiger partial charge on any atom is -0.399 e. The van der Waals surface area contributed by atoms with Crippen molar-refractivity contribution in [1.29, 1.82) is 0 Å². The molecule has 7 heteroatoms. The van der Waals surface area contributed by atoms with E-state index in [1.165, 1.54) is 50.5 Å². The first-order valence-electron chi connectivity index (χ1n) is 8.90. The van der Waals surface area contributed by atoms with Crippen LogP contribution in [0.4, 0.5) is 33.3 Å². The average molecular weight is 388 g/mol. The molecule has 0 amide bonds. The van der Waals surface area contributed by atoms with Gasteiger partial charge in [-0.3, -0.25) is 0 Å². The quantitative estimate of drug-likeness (QED) is 0.197. The lowest BCUT2D eigenvalue weighted by Gasteiger charge is -2.02. The van der Waals surface area contributed by atoms with Gasteiger partial charge in [-0.2, -0.15) is 0 Å². The SMILES string of the molecule is CCCCCCCCc1ccc(N)cc1.Nc1c(F)c(F)c(F)c(F)c1F. The molecular weight excluding hydrogens is 363 g/mol. The third-order valence-corrected chi connectivity index (χ3v) is 4.04. The van der Waals surface area contributed by atoms with Gasteiger partial charge in [0.25, 0.3) is 0 Å². The topological polar surface area (TPSA) is 52.0 Å². The fraction of sp³-hybridized carbons (Fsp3) is 0.400. The van der Waals surface area contributed by atoms with Crippen molar-refractivity contribution < 1.29 is 22.0 Å². The van der Waals surface area contributed by atoms with Gasteiger partial charge in [-0.1, -0.05) is 51.2 Å². The van der Waals surface area contributed by atoms with E-state index in [9.17, 15) is 22.0 Å². The van der Waals surface area contributed by atoms with E-state index in [2.05, 4.69) is 24.8 Å². The van der Waals surface area contributed by atoms with Crippen molar-refractivity contribution in [1.82, 2.24) is 0 Å². The Hall–Kier alpha value is -2.31. The minimum absolute atomic E-state index is 0.863. The van der Waals surface area contributed by atoms with Crippen molar-refractivity contribution in [3.8, 4) is 0 Å². The van der Waals surface area contributed by atoms with Crippen molar-refractivity contribution in [2.24, 2.45) is 0 Å². The molecule has 0 unspecified atom stereocenters. The lowest BCUT2D eigenvalue weighted by atomic mass is 10.0. The second-order valence-corrected chi connectivity index (χ2v) is 6.24. The molecule has 2 nitrogen and oxygen atoms in total. The predicted octanol–water partition coefficient (Wildman–Crippen LogP) is 6.14. The molecule has 2 aromatic carbocycles. The van der Waals surface area contributed by atoms with Gasteiger partial charge < -0.3 is 11.5 Å². The normalized spacial score (nSPS) is 10.4. The van der Waals surface area contributed by atoms with Crippen molar-refractivity contribution in [2.75, 3.05) is 11.5 Å². The van der Waals surface area contributed by atoms with Gasteiger partial charge in [0, 0.05) is 5.69 Å². The summed E-state index contributed by atoms with van der Waals surface area (Å²) in [5, 5.41) is 0. The molecule has 0 aliphatic carbocycles. The average Bonchev–Trinajstić information content (AvgIpc) is 2.68. The van der Waals surface area contributed by atoms with E-state index >= 15 is 0 Å². The molecule has 0 aliphatic rings. The van der Waals surface area contributed by atoms with Gasteiger partial charge in [-0.15, -0.1) is 0 Å². The minimum atomic E-state index is -2.21. The van der Waals surface area contributed by atoms with Crippen LogP contribution < -0.4 is 11.5 Å². The van der Waals surface area contributed by atoms with Crippen LogP contribution in [0.3, 0.4) is 0 Å². The summed E-state index contributed by atoms with van der Waals surface area (Å²) in [6, 6.07) is 8.27. The van der Waals surface area contributed by atoms with Crippen LogP contribution in [0.2, 0.25) is 0 Å². The molecule has 27 heavy (non-hydrogen) atoms. The lowest BCUT2D eigenvalue weighted by Crippen LogP contribution is -2.05. The second kappa shape index (κ2) is 11.4. The zero-order valence-corrected chi connectivity index (χ0v) is 15.3. The summed E-state index contributed by atoms with van der Waals surface area (Å²) in [6.45, 7) is 2.26. The first-order valence-corrected chi connectivity index (χ1v) is 8.90. The number of benzene rings is 2. The monoisotopic (exact) mass is 388 g/mol. The maximum absolute atomic E-state index is 12.3. The van der Waals surface area contributed by atoms with Crippen LogP contribution in [0.25, 0.3) is 0 Å². The first kappa shape index (κ1) is 22.7. The summed E-state index contributed by atoms with van der Waals surface area (Å²) in [4.78, 5) is 0. The molecule has 0 saturated carbocycles. The fourth-order valence-electron chi connectivity index (χ4n) is 2.42. The second-order valence-electron chi connectivity index (χ2n) is 6.24. The van der Waals surface area contributed by atoms with Crippen LogP contribution in [0.1, 0.15) is 51.0 Å². The number of hydrogen-bond donors (Lipinski definition) is 2. The van der Waals surface area contributed by atoms with E-state index in [0.29, 0.717) is 0 Å². The molecule has 2 rings (SSSR count). The molecule has 4 N–H and O–H groups in total. The summed E-state index contributed by atoms with van der Waals surface area (Å²) in [7, 11) is 0. The Morgan fingerprint density at radius 3 is 1.59 bits per heavy atom. The maximum atomic E-state index is 12.3. The Bertz CT molecular complexity index is 612. The zero-order valence-electron chi connectivity index (χ0n) is 15.3. The van der Waals surface area contributed by atoms with E-state index in [-0.39, 0.29) is 0 Å². The number of halogens is 5. The summed E-state index contributed by atoms with van der Waals surface area (Å²) in [6.07, 6.45) is 9.39. The highest BCUT2D eigenvalue weighted by molar-refractivity contribution is 5.42. The van der Waals surface area contributed by atoms with Crippen LogP contribution in [0.5, 0.6) is 0 Å². The number of nitrogens with two attached hydrogens (primary N) is 2. The third-order valence-electron chi connectivity index (χ3n) is 4.04. The molecule has 150 valence electrons. The Morgan fingerprint density at radius 2 is 1.07 bits per heavy atom. The molecular formula is C20H25F5N2. The summed E-state index contributed by atoms with van der Waals surface area (Å²) >= 11 is 0. The van der Waals surface area contributed by atoms with Crippen LogP contribution in [0, 0.1) is 29.1 Å². The molecule has 0 heterocycles. The standard InChI is InChI=1S/C14H23N.C6H2F5N/c1-2-3-4-5-6-7-8-13-9-11-14(15)12-10-13;7-1-2(8)4(10)6(12)5(11)3(1)9/h9-12H,2-8,15H2,1H3;12H2. The molecule has 0 bridgehead atoms. The van der Waals surface area contributed by atoms with E-state index < -0.39 is 34.8 Å². The van der Waals surface area contributed by atoms with Gasteiger partial charge in [0.05, 0.1) is 0 Å². The molecule has 0 atom stereocenters. The van der Waals surface area contributed by atoms with Gasteiger partial charge in [0.2, 0.25) is 5.82 Å². The Kier molecular flexibility index (Phi) is 9.61. The van der Waals surface area contributed by atoms with Gasteiger partial charge in [0.1, 0.15) is 5.69 Å². The highest BCUT2D eigenvalue weighted by Crippen LogP contribution is 2.24. The number of hydrogen-bond acceptors (Lipinski definition) is 2. The largest absolute Gasteiger partial charge is 0.399 e. The number of anilines is 2. The van der Waals surface area contributed by atoms with Crippen molar-refractivity contribution in [2.45, 2.75) is 51.9 Å². The highest BCUT2D eigenvalue weighted by atomic mass is 19.2. The van der Waals surface area contributed by atoms with Gasteiger partial charge in [-0.05, 0) is 30.5 Å². The van der Waals surface area contributed by atoms with E-state index in [1.54, 1.807) is 0 Å². The summed E-state index contributed by atoms with van der Waals surface area (Å²) < 4.78 is 61.1. The van der Waals surface area contributed by atoms with Crippen LogP contribution in [0.15, 0.2) is 24.3 Å². The molecule has 0 spiro atoms. The van der Waals surface area contributed by atoms with Crippen LogP contribution in [-0.2, 0) is 6.42 Å². The van der Waals surface area contributed by atoms with Crippen LogP contribution >= 0.6 is 0 Å². The smallest absolute Gasteiger partial charge is 0.200 e. The number of unbranched alkanes of at least 4 members (excludes halogenated alkanes) is 5. The number of rotatable bonds is 7. The van der Waals surface area contributed by atoms with Crippen LogP contribution in [-0.4, -0.2) is 0 Å². The Balaban J connectivity index is 0.000000277. The third kappa shape index (κ3) is 7.07. The first-order chi connectivity index (χ1) is 12.8. The molecule has 0 aliphatic heterocycles. The Morgan fingerprint density at radius 1 is 0.630 bits per heavy atom. The molecule has 0 radical (unpaired) electrons. The number of aryl methyl sites for hydroxylation is 1. The maximum Gasteiger partial charge on any atom is 0.200 e. The van der Waals surface area contributed by atoms with Gasteiger partial charge in [0.15, 0.2) is 23.3 Å². The van der Waals surface area contributed by atoms with E-state index in [1.807, 2.05) is 12.1 Å². The molecule has 0 saturated heterocycles. The van der Waals surface area contributed by atoms with Crippen molar-refractivity contribution in [3.63, 3.8) is 0 Å². The lowest BCUT2D eigenvalue weighted by molar-refractivity contribution is 0.382. The van der Waals surface area contributed by atoms with Gasteiger partial charge in [-0.25, -0.2) is 22.0 Å². The predicted molar refractivity (Wildman–Crippen MR) is 98.6 cm³/mol. The Labute approximate surface area is 156 Å². The highest BCUT2D eigenvalue weighted by Gasteiger charge is 2.23. The van der Waals surface area contributed by atoms with E-state index in [0.717, 1.165) is 5.69 Å². The molecule has 0 aromatic heterocycles. The number of nitrogen functional groups attached to an aromatic ring is 2. The summed E-state index contributed by atoms with van der Waals surface area (Å²) in [5.41, 5.74) is 11.1. The van der Waals surface area contributed by atoms with Gasteiger partial charge >= 0.3 is 0 Å².